The fourth-order valence-corrected chi connectivity index (χ4v) is 4.72. The molecule has 2 aliphatic rings. The Morgan fingerprint density at radius 3 is 2.26 bits per heavy atom. The summed E-state index contributed by atoms with van der Waals surface area (Å²) in [5, 5.41) is 3.34. The first-order valence-electron chi connectivity index (χ1n) is 12.0. The summed E-state index contributed by atoms with van der Waals surface area (Å²) in [6.07, 6.45) is 4.61. The van der Waals surface area contributed by atoms with Gasteiger partial charge in [-0.25, -0.2) is 9.59 Å². The second-order valence-electron chi connectivity index (χ2n) is 10.1. The lowest BCUT2D eigenvalue weighted by molar-refractivity contribution is -0.141. The molecule has 1 aliphatic carbocycles. The highest BCUT2D eigenvalue weighted by Gasteiger charge is 2.43. The number of halogens is 1. The van der Waals surface area contributed by atoms with Crippen LogP contribution in [0.4, 0.5) is 9.59 Å². The van der Waals surface area contributed by atoms with E-state index in [2.05, 4.69) is 5.32 Å². The molecule has 1 N–H and O–H groups in total. The third kappa shape index (κ3) is 7.01. The molecule has 1 saturated carbocycles. The molecule has 1 aromatic rings. The van der Waals surface area contributed by atoms with E-state index in [1.54, 1.807) is 37.8 Å². The maximum absolute atomic E-state index is 13.4. The van der Waals surface area contributed by atoms with Gasteiger partial charge in [-0.1, -0.05) is 43.0 Å². The van der Waals surface area contributed by atoms with Gasteiger partial charge in [-0.05, 0) is 51.3 Å². The second-order valence-corrected chi connectivity index (χ2v) is 10.5. The average molecular weight is 494 g/mol. The minimum Gasteiger partial charge on any atom is -0.453 e. The molecule has 0 bridgehead atoms. The molecule has 9 heteroatoms. The number of likely N-dealkylation sites (tertiary alicyclic amines) is 1. The van der Waals surface area contributed by atoms with E-state index in [1.807, 2.05) is 17.0 Å². The van der Waals surface area contributed by atoms with Crippen molar-refractivity contribution in [3.63, 3.8) is 0 Å². The van der Waals surface area contributed by atoms with Gasteiger partial charge in [0, 0.05) is 30.6 Å². The van der Waals surface area contributed by atoms with Crippen LogP contribution in [0.3, 0.4) is 0 Å². The first-order chi connectivity index (χ1) is 16.1. The van der Waals surface area contributed by atoms with Crippen LogP contribution in [-0.2, 0) is 20.7 Å². The molecule has 2 fully saturated rings. The predicted octanol–water partition coefficient (Wildman–Crippen LogP) is 4.39. The van der Waals surface area contributed by atoms with Crippen LogP contribution in [0.5, 0.6) is 0 Å². The normalized spacial score (nSPS) is 18.0. The summed E-state index contributed by atoms with van der Waals surface area (Å²) in [5.41, 5.74) is 0.190. The minimum atomic E-state index is -0.793. The summed E-state index contributed by atoms with van der Waals surface area (Å²) < 4.78 is 10.4. The largest absolute Gasteiger partial charge is 0.453 e. The monoisotopic (exact) mass is 493 g/mol. The van der Waals surface area contributed by atoms with E-state index in [0.717, 1.165) is 31.2 Å². The van der Waals surface area contributed by atoms with Gasteiger partial charge in [-0.3, -0.25) is 9.69 Å². The van der Waals surface area contributed by atoms with E-state index >= 15 is 0 Å². The molecule has 0 unspecified atom stereocenters. The lowest BCUT2D eigenvalue weighted by atomic mass is 9.92. The van der Waals surface area contributed by atoms with Gasteiger partial charge in [0.05, 0.1) is 13.2 Å². The van der Waals surface area contributed by atoms with Gasteiger partial charge in [0.2, 0.25) is 5.91 Å². The average Bonchev–Trinajstić information content (AvgIpc) is 2.75. The predicted molar refractivity (Wildman–Crippen MR) is 130 cm³/mol. The molecule has 3 amide bonds. The quantitative estimate of drug-likeness (QED) is 0.635. The van der Waals surface area contributed by atoms with E-state index < -0.39 is 17.7 Å². The molecule has 1 atom stereocenters. The molecule has 8 nitrogen and oxygen atoms in total. The van der Waals surface area contributed by atoms with E-state index in [-0.39, 0.29) is 24.1 Å². The Labute approximate surface area is 206 Å². The highest BCUT2D eigenvalue weighted by atomic mass is 35.5. The molecule has 1 heterocycles. The Morgan fingerprint density at radius 2 is 1.71 bits per heavy atom. The standard InChI is InChI=1S/C25H36ClN3O5/c1-25(2,3)34-23(31)27-21(14-17-10-12-18(26)13-11-17)22(30)28-15-20(16-28)29(24(32)33-4)19-8-6-5-7-9-19/h10-13,19-21H,5-9,14-16H2,1-4H3,(H,27,31)/t21-/m1/s1. The third-order valence-corrected chi connectivity index (χ3v) is 6.51. The van der Waals surface area contributed by atoms with Gasteiger partial charge in [0.25, 0.3) is 0 Å². The summed E-state index contributed by atoms with van der Waals surface area (Å²) >= 11 is 5.99. The van der Waals surface area contributed by atoms with Crippen molar-refractivity contribution < 1.29 is 23.9 Å². The second kappa shape index (κ2) is 11.3. The van der Waals surface area contributed by atoms with Gasteiger partial charge in [0.1, 0.15) is 11.6 Å². The van der Waals surface area contributed by atoms with Crippen LogP contribution >= 0.6 is 11.6 Å². The zero-order valence-electron chi connectivity index (χ0n) is 20.5. The minimum absolute atomic E-state index is 0.0859. The lowest BCUT2D eigenvalue weighted by Gasteiger charge is -2.48. The molecule has 0 aromatic heterocycles. The zero-order chi connectivity index (χ0) is 24.9. The number of hydrogen-bond acceptors (Lipinski definition) is 5. The maximum Gasteiger partial charge on any atom is 0.410 e. The number of hydrogen-bond donors (Lipinski definition) is 1. The summed E-state index contributed by atoms with van der Waals surface area (Å²) in [4.78, 5) is 41.9. The number of carbonyl (C=O) groups excluding carboxylic acids is 3. The molecule has 34 heavy (non-hydrogen) atoms. The molecule has 0 spiro atoms. The van der Waals surface area contributed by atoms with Crippen molar-refractivity contribution in [3.05, 3.63) is 34.9 Å². The molecule has 3 rings (SSSR count). The maximum atomic E-state index is 13.4. The Kier molecular flexibility index (Phi) is 8.68. The number of carbonyl (C=O) groups is 3. The van der Waals surface area contributed by atoms with Crippen molar-refractivity contribution in [1.82, 2.24) is 15.1 Å². The summed E-state index contributed by atoms with van der Waals surface area (Å²) in [6, 6.07) is 6.44. The number of alkyl carbamates (subject to hydrolysis) is 1. The summed E-state index contributed by atoms with van der Waals surface area (Å²) in [6.45, 7) is 6.15. The molecular formula is C25H36ClN3O5. The number of ether oxygens (including phenoxy) is 2. The highest BCUT2D eigenvalue weighted by molar-refractivity contribution is 6.30. The number of rotatable bonds is 6. The van der Waals surface area contributed by atoms with Crippen LogP contribution in [0.25, 0.3) is 0 Å². The molecular weight excluding hydrogens is 458 g/mol. The molecule has 188 valence electrons. The number of nitrogens with zero attached hydrogens (tertiary/aromatic N) is 2. The fourth-order valence-electron chi connectivity index (χ4n) is 4.60. The Balaban J connectivity index is 1.68. The molecule has 1 saturated heterocycles. The number of methoxy groups -OCH3 is 1. The van der Waals surface area contributed by atoms with Crippen molar-refractivity contribution >= 4 is 29.7 Å². The van der Waals surface area contributed by atoms with Crippen LogP contribution in [0.15, 0.2) is 24.3 Å². The highest BCUT2D eigenvalue weighted by Crippen LogP contribution is 2.28. The van der Waals surface area contributed by atoms with Gasteiger partial charge >= 0.3 is 12.2 Å². The van der Waals surface area contributed by atoms with Gasteiger partial charge < -0.3 is 19.7 Å². The van der Waals surface area contributed by atoms with Crippen LogP contribution in [-0.4, -0.2) is 71.8 Å². The van der Waals surface area contributed by atoms with Crippen LogP contribution in [0.2, 0.25) is 5.02 Å². The van der Waals surface area contributed by atoms with Crippen LogP contribution in [0.1, 0.15) is 58.4 Å². The van der Waals surface area contributed by atoms with Gasteiger partial charge in [-0.2, -0.15) is 0 Å². The molecule has 1 aliphatic heterocycles. The topological polar surface area (TPSA) is 88.2 Å². The van der Waals surface area contributed by atoms with Crippen molar-refractivity contribution in [2.24, 2.45) is 0 Å². The van der Waals surface area contributed by atoms with Crippen LogP contribution < -0.4 is 5.32 Å². The van der Waals surface area contributed by atoms with Crippen molar-refractivity contribution in [1.29, 1.82) is 0 Å². The van der Waals surface area contributed by atoms with E-state index in [0.29, 0.717) is 24.5 Å². The fraction of sp³-hybridized carbons (Fsp3) is 0.640. The first-order valence-corrected chi connectivity index (χ1v) is 12.3. The Morgan fingerprint density at radius 1 is 1.09 bits per heavy atom. The third-order valence-electron chi connectivity index (χ3n) is 6.26. The lowest BCUT2D eigenvalue weighted by Crippen LogP contribution is -2.67. The number of nitrogens with one attached hydrogen (secondary N) is 1. The van der Waals surface area contributed by atoms with Crippen molar-refractivity contribution in [2.45, 2.75) is 83.0 Å². The first kappa shape index (κ1) is 26.1. The summed E-state index contributed by atoms with van der Waals surface area (Å²) in [5.74, 6) is -0.203. The van der Waals surface area contributed by atoms with Crippen molar-refractivity contribution in [3.8, 4) is 0 Å². The Hall–Kier alpha value is -2.48. The number of benzene rings is 1. The molecule has 0 radical (unpaired) electrons. The number of amides is 3. The van der Waals surface area contributed by atoms with Crippen LogP contribution in [0, 0.1) is 0 Å². The van der Waals surface area contributed by atoms with E-state index in [1.165, 1.54) is 13.5 Å². The molecule has 1 aromatic carbocycles. The zero-order valence-corrected chi connectivity index (χ0v) is 21.3. The van der Waals surface area contributed by atoms with E-state index in [4.69, 9.17) is 21.1 Å². The van der Waals surface area contributed by atoms with E-state index in [9.17, 15) is 14.4 Å². The summed E-state index contributed by atoms with van der Waals surface area (Å²) in [7, 11) is 1.40. The smallest absolute Gasteiger partial charge is 0.410 e. The van der Waals surface area contributed by atoms with Crippen molar-refractivity contribution in [2.75, 3.05) is 20.2 Å². The Bertz CT molecular complexity index is 858. The SMILES string of the molecule is COC(=O)N(C1CCCCC1)C1CN(C(=O)[C@@H](Cc2ccc(Cl)cc2)NC(=O)OC(C)(C)C)C1. The van der Waals surface area contributed by atoms with Gasteiger partial charge in [-0.15, -0.1) is 0 Å². The van der Waals surface area contributed by atoms with Gasteiger partial charge in [0.15, 0.2) is 0 Å².